The summed E-state index contributed by atoms with van der Waals surface area (Å²) in [5.74, 6) is 0.893. The Balaban J connectivity index is 2.02. The van der Waals surface area contributed by atoms with E-state index in [-0.39, 0.29) is 6.61 Å². The molecule has 1 aromatic heterocycles. The van der Waals surface area contributed by atoms with Gasteiger partial charge in [-0.15, -0.1) is 0 Å². The van der Waals surface area contributed by atoms with Crippen LogP contribution in [0.2, 0.25) is 0 Å². The summed E-state index contributed by atoms with van der Waals surface area (Å²) in [6.45, 7) is 0.734. The fourth-order valence-electron chi connectivity index (χ4n) is 3.65. The average Bonchev–Trinajstić information content (AvgIpc) is 3.14. The Kier molecular flexibility index (Phi) is 4.40. The zero-order chi connectivity index (χ0) is 14.8. The number of fused-ring (bicyclic) bond motifs is 1. The Bertz CT molecular complexity index is 541. The summed E-state index contributed by atoms with van der Waals surface area (Å²) >= 11 is 5.25. The summed E-state index contributed by atoms with van der Waals surface area (Å²) in [6.07, 6.45) is 8.09. The van der Waals surface area contributed by atoms with Crippen molar-refractivity contribution in [2.75, 3.05) is 18.1 Å². The van der Waals surface area contributed by atoms with E-state index >= 15 is 0 Å². The zero-order valence-corrected chi connectivity index (χ0v) is 13.2. The molecule has 5 heteroatoms. The number of hydrogen-bond acceptors (Lipinski definition) is 4. The van der Waals surface area contributed by atoms with Crippen molar-refractivity contribution in [2.24, 2.45) is 5.73 Å². The fourth-order valence-corrected chi connectivity index (χ4v) is 3.80. The van der Waals surface area contributed by atoms with E-state index in [1.165, 1.54) is 24.1 Å². The smallest absolute Gasteiger partial charge is 0.139 e. The minimum atomic E-state index is 0.131. The molecule has 2 aliphatic rings. The molecule has 2 aliphatic carbocycles. The first kappa shape index (κ1) is 14.7. The second kappa shape index (κ2) is 6.28. The molecule has 1 saturated carbocycles. The predicted octanol–water partition coefficient (Wildman–Crippen LogP) is 1.95. The van der Waals surface area contributed by atoms with Crippen LogP contribution in [0.15, 0.2) is 6.07 Å². The summed E-state index contributed by atoms with van der Waals surface area (Å²) in [4.78, 5) is 7.53. The van der Waals surface area contributed by atoms with Gasteiger partial charge in [0, 0.05) is 18.3 Å². The van der Waals surface area contributed by atoms with Crippen molar-refractivity contribution in [3.05, 3.63) is 22.9 Å². The van der Waals surface area contributed by atoms with Gasteiger partial charge in [0.2, 0.25) is 0 Å². The van der Waals surface area contributed by atoms with Crippen LogP contribution in [0.5, 0.6) is 0 Å². The molecule has 1 heterocycles. The van der Waals surface area contributed by atoms with Crippen LogP contribution < -0.4 is 10.6 Å². The number of thiocarbonyl (C=S) groups is 1. The number of anilines is 1. The van der Waals surface area contributed by atoms with Crippen LogP contribution in [0.3, 0.4) is 0 Å². The molecule has 114 valence electrons. The molecule has 0 aliphatic heterocycles. The second-order valence-corrected chi connectivity index (χ2v) is 6.48. The van der Waals surface area contributed by atoms with Gasteiger partial charge in [0.15, 0.2) is 0 Å². The van der Waals surface area contributed by atoms with Gasteiger partial charge in [0.1, 0.15) is 10.8 Å². The third-order valence-electron chi connectivity index (χ3n) is 4.67. The number of rotatable bonds is 5. The van der Waals surface area contributed by atoms with Gasteiger partial charge in [-0.3, -0.25) is 0 Å². The third-order valence-corrected chi connectivity index (χ3v) is 4.89. The number of aliphatic hydroxyl groups excluding tert-OH is 1. The van der Waals surface area contributed by atoms with Gasteiger partial charge in [-0.2, -0.15) is 0 Å². The highest BCUT2D eigenvalue weighted by Gasteiger charge is 2.27. The molecule has 1 aromatic rings. The molecule has 0 aromatic carbocycles. The van der Waals surface area contributed by atoms with E-state index in [4.69, 9.17) is 22.9 Å². The minimum absolute atomic E-state index is 0.131. The van der Waals surface area contributed by atoms with E-state index in [2.05, 4.69) is 11.0 Å². The van der Waals surface area contributed by atoms with Crippen LogP contribution in [0.25, 0.3) is 0 Å². The van der Waals surface area contributed by atoms with Gasteiger partial charge in [0.25, 0.3) is 0 Å². The van der Waals surface area contributed by atoms with Crippen LogP contribution in [0, 0.1) is 0 Å². The summed E-state index contributed by atoms with van der Waals surface area (Å²) in [7, 11) is 0. The quantitative estimate of drug-likeness (QED) is 0.814. The van der Waals surface area contributed by atoms with E-state index in [1.54, 1.807) is 0 Å². The highest BCUT2D eigenvalue weighted by atomic mass is 32.1. The molecule has 0 saturated heterocycles. The number of aromatic nitrogens is 1. The topological polar surface area (TPSA) is 62.4 Å². The minimum Gasteiger partial charge on any atom is -0.395 e. The lowest BCUT2D eigenvalue weighted by atomic mass is 10.1. The SMILES string of the molecule is NC(=S)c1cc2c(nc1N(CCO)C1CCCC1)CCC2. The van der Waals surface area contributed by atoms with Crippen molar-refractivity contribution < 1.29 is 5.11 Å². The Morgan fingerprint density at radius 1 is 1.33 bits per heavy atom. The van der Waals surface area contributed by atoms with Crippen LogP contribution in [-0.4, -0.2) is 34.3 Å². The lowest BCUT2D eigenvalue weighted by Crippen LogP contribution is -2.38. The van der Waals surface area contributed by atoms with E-state index in [9.17, 15) is 5.11 Å². The van der Waals surface area contributed by atoms with Crippen LogP contribution in [0.1, 0.15) is 48.9 Å². The molecule has 0 spiro atoms. The second-order valence-electron chi connectivity index (χ2n) is 6.04. The van der Waals surface area contributed by atoms with Crippen molar-refractivity contribution in [3.63, 3.8) is 0 Å². The van der Waals surface area contributed by atoms with E-state index in [1.807, 2.05) is 0 Å². The molecule has 0 atom stereocenters. The Hall–Kier alpha value is -1.20. The molecule has 3 rings (SSSR count). The average molecular weight is 305 g/mol. The summed E-state index contributed by atoms with van der Waals surface area (Å²) in [5.41, 5.74) is 9.30. The molecule has 0 bridgehead atoms. The van der Waals surface area contributed by atoms with Crippen LogP contribution >= 0.6 is 12.2 Å². The summed E-state index contributed by atoms with van der Waals surface area (Å²) in [6, 6.07) is 2.59. The van der Waals surface area contributed by atoms with Crippen molar-refractivity contribution in [2.45, 2.75) is 51.0 Å². The Morgan fingerprint density at radius 2 is 2.10 bits per heavy atom. The molecule has 4 nitrogen and oxygen atoms in total. The molecule has 21 heavy (non-hydrogen) atoms. The van der Waals surface area contributed by atoms with Crippen molar-refractivity contribution in [1.29, 1.82) is 0 Å². The van der Waals surface area contributed by atoms with Gasteiger partial charge < -0.3 is 15.7 Å². The summed E-state index contributed by atoms with van der Waals surface area (Å²) < 4.78 is 0. The molecule has 0 radical (unpaired) electrons. The number of hydrogen-bond donors (Lipinski definition) is 2. The van der Waals surface area contributed by atoms with Gasteiger partial charge >= 0.3 is 0 Å². The lowest BCUT2D eigenvalue weighted by molar-refractivity contribution is 0.296. The predicted molar refractivity (Wildman–Crippen MR) is 88.8 cm³/mol. The standard InChI is InChI=1S/C16H23N3OS/c17-15(21)13-10-11-4-3-7-14(11)18-16(13)19(8-9-20)12-5-1-2-6-12/h10,12,20H,1-9H2,(H2,17,21). The first-order valence-electron chi connectivity index (χ1n) is 7.91. The molecule has 1 fully saturated rings. The fraction of sp³-hybridized carbons (Fsp3) is 0.625. The maximum absolute atomic E-state index is 9.45. The van der Waals surface area contributed by atoms with Gasteiger partial charge in [-0.25, -0.2) is 4.98 Å². The van der Waals surface area contributed by atoms with Crippen LogP contribution in [-0.2, 0) is 12.8 Å². The van der Waals surface area contributed by atoms with Gasteiger partial charge in [-0.05, 0) is 43.7 Å². The Labute approximate surface area is 131 Å². The van der Waals surface area contributed by atoms with Gasteiger partial charge in [0.05, 0.1) is 12.2 Å². The monoisotopic (exact) mass is 305 g/mol. The molecular formula is C16H23N3OS. The largest absolute Gasteiger partial charge is 0.395 e. The van der Waals surface area contributed by atoms with E-state index in [0.29, 0.717) is 17.6 Å². The summed E-state index contributed by atoms with van der Waals surface area (Å²) in [5, 5.41) is 9.45. The molecule has 3 N–H and O–H groups in total. The number of pyridine rings is 1. The van der Waals surface area contributed by atoms with Gasteiger partial charge in [-0.1, -0.05) is 25.1 Å². The molecule has 0 unspecified atom stereocenters. The number of nitrogens with two attached hydrogens (primary N) is 1. The lowest BCUT2D eigenvalue weighted by Gasteiger charge is -2.31. The Morgan fingerprint density at radius 3 is 2.76 bits per heavy atom. The highest BCUT2D eigenvalue weighted by Crippen LogP contribution is 2.32. The third kappa shape index (κ3) is 2.90. The molecular weight excluding hydrogens is 282 g/mol. The molecule has 0 amide bonds. The maximum atomic E-state index is 9.45. The highest BCUT2D eigenvalue weighted by molar-refractivity contribution is 7.80. The maximum Gasteiger partial charge on any atom is 0.139 e. The first-order valence-corrected chi connectivity index (χ1v) is 8.31. The van der Waals surface area contributed by atoms with Crippen molar-refractivity contribution in [1.82, 2.24) is 4.98 Å². The van der Waals surface area contributed by atoms with Crippen molar-refractivity contribution in [3.8, 4) is 0 Å². The number of aliphatic hydroxyl groups is 1. The van der Waals surface area contributed by atoms with Crippen LogP contribution in [0.4, 0.5) is 5.82 Å². The first-order chi connectivity index (χ1) is 10.2. The van der Waals surface area contributed by atoms with Crippen molar-refractivity contribution >= 4 is 23.0 Å². The number of aryl methyl sites for hydroxylation is 2. The van der Waals surface area contributed by atoms with E-state index in [0.717, 1.165) is 43.5 Å². The normalized spacial score (nSPS) is 18.0. The zero-order valence-electron chi connectivity index (χ0n) is 12.3. The number of nitrogens with zero attached hydrogens (tertiary/aromatic N) is 2. The van der Waals surface area contributed by atoms with E-state index < -0.39 is 0 Å².